The first kappa shape index (κ1) is 18.1. The zero-order valence-electron chi connectivity index (χ0n) is 15.6. The molecule has 2 aliphatic rings. The van der Waals surface area contributed by atoms with Gasteiger partial charge in [-0.3, -0.25) is 9.69 Å². The van der Waals surface area contributed by atoms with Crippen molar-refractivity contribution >= 4 is 11.9 Å². The SMILES string of the molecule is CCCNc1ncc(CN2[C@H]3CC[C@@H]2[C@](CC)(C(=O)OCC)C3)cn1. The van der Waals surface area contributed by atoms with Gasteiger partial charge in [0, 0.05) is 43.1 Å². The highest BCUT2D eigenvalue weighted by molar-refractivity contribution is 5.78. The highest BCUT2D eigenvalue weighted by Crippen LogP contribution is 2.52. The van der Waals surface area contributed by atoms with Gasteiger partial charge in [-0.15, -0.1) is 0 Å². The number of nitrogens with one attached hydrogen (secondary N) is 1. The van der Waals surface area contributed by atoms with Gasteiger partial charge in [0.15, 0.2) is 0 Å². The molecule has 0 aliphatic carbocycles. The number of hydrogen-bond acceptors (Lipinski definition) is 6. The van der Waals surface area contributed by atoms with Gasteiger partial charge in [0.1, 0.15) is 0 Å². The summed E-state index contributed by atoms with van der Waals surface area (Å²) in [6, 6.07) is 0.742. The second-order valence-corrected chi connectivity index (χ2v) is 7.20. The fourth-order valence-corrected chi connectivity index (χ4v) is 4.54. The van der Waals surface area contributed by atoms with Gasteiger partial charge in [-0.2, -0.15) is 0 Å². The monoisotopic (exact) mass is 346 g/mol. The lowest BCUT2D eigenvalue weighted by Crippen LogP contribution is -2.44. The Morgan fingerprint density at radius 1 is 1.32 bits per heavy atom. The molecule has 25 heavy (non-hydrogen) atoms. The van der Waals surface area contributed by atoms with Crippen LogP contribution in [0.3, 0.4) is 0 Å². The summed E-state index contributed by atoms with van der Waals surface area (Å²) in [6.45, 7) is 8.27. The first-order chi connectivity index (χ1) is 12.1. The van der Waals surface area contributed by atoms with E-state index in [0.717, 1.165) is 44.3 Å². The predicted octanol–water partition coefficient (Wildman–Crippen LogP) is 2.99. The van der Waals surface area contributed by atoms with Crippen LogP contribution in [0.4, 0.5) is 5.95 Å². The molecule has 0 radical (unpaired) electrons. The molecule has 6 heteroatoms. The van der Waals surface area contributed by atoms with Gasteiger partial charge < -0.3 is 10.1 Å². The van der Waals surface area contributed by atoms with E-state index in [2.05, 4.69) is 34.0 Å². The molecule has 2 fully saturated rings. The molecule has 3 rings (SSSR count). The minimum Gasteiger partial charge on any atom is -0.466 e. The molecule has 138 valence electrons. The van der Waals surface area contributed by atoms with Crippen LogP contribution in [-0.4, -0.2) is 46.1 Å². The Labute approximate surface area is 150 Å². The highest BCUT2D eigenvalue weighted by Gasteiger charge is 2.59. The van der Waals surface area contributed by atoms with Crippen molar-refractivity contribution in [2.75, 3.05) is 18.5 Å². The van der Waals surface area contributed by atoms with Crippen LogP contribution in [-0.2, 0) is 16.1 Å². The number of fused-ring (bicyclic) bond motifs is 2. The van der Waals surface area contributed by atoms with E-state index in [0.29, 0.717) is 18.6 Å². The second-order valence-electron chi connectivity index (χ2n) is 7.20. The fourth-order valence-electron chi connectivity index (χ4n) is 4.54. The Morgan fingerprint density at radius 3 is 2.72 bits per heavy atom. The quantitative estimate of drug-likeness (QED) is 0.730. The highest BCUT2D eigenvalue weighted by atomic mass is 16.5. The van der Waals surface area contributed by atoms with Crippen LogP contribution in [0.2, 0.25) is 0 Å². The van der Waals surface area contributed by atoms with Crippen molar-refractivity contribution in [2.45, 2.75) is 71.5 Å². The van der Waals surface area contributed by atoms with Crippen LogP contribution >= 0.6 is 0 Å². The zero-order valence-corrected chi connectivity index (χ0v) is 15.6. The van der Waals surface area contributed by atoms with Crippen molar-refractivity contribution in [3.63, 3.8) is 0 Å². The molecule has 3 atom stereocenters. The summed E-state index contributed by atoms with van der Waals surface area (Å²) in [5.41, 5.74) is 0.775. The maximum absolute atomic E-state index is 12.6. The molecule has 0 saturated carbocycles. The number of esters is 1. The number of hydrogen-bond donors (Lipinski definition) is 1. The molecule has 0 aromatic carbocycles. The molecular formula is C19H30N4O2. The van der Waals surface area contributed by atoms with Crippen LogP contribution < -0.4 is 5.32 Å². The van der Waals surface area contributed by atoms with Crippen molar-refractivity contribution in [3.05, 3.63) is 18.0 Å². The number of rotatable bonds is 8. The summed E-state index contributed by atoms with van der Waals surface area (Å²) in [5, 5.41) is 3.20. The number of anilines is 1. The van der Waals surface area contributed by atoms with E-state index in [1.54, 1.807) is 0 Å². The van der Waals surface area contributed by atoms with E-state index in [-0.39, 0.29) is 17.4 Å². The van der Waals surface area contributed by atoms with Gasteiger partial charge in [0.05, 0.1) is 12.0 Å². The summed E-state index contributed by atoms with van der Waals surface area (Å²) >= 11 is 0. The number of carbonyl (C=O) groups excluding carboxylic acids is 1. The van der Waals surface area contributed by atoms with Crippen LogP contribution in [0.25, 0.3) is 0 Å². The van der Waals surface area contributed by atoms with Crippen LogP contribution in [0.5, 0.6) is 0 Å². The van der Waals surface area contributed by atoms with Crippen molar-refractivity contribution < 1.29 is 9.53 Å². The lowest BCUT2D eigenvalue weighted by atomic mass is 9.72. The average molecular weight is 346 g/mol. The van der Waals surface area contributed by atoms with Gasteiger partial charge >= 0.3 is 5.97 Å². The smallest absolute Gasteiger partial charge is 0.313 e. The number of aromatic nitrogens is 2. The summed E-state index contributed by atoms with van der Waals surface area (Å²) in [6.07, 6.45) is 8.87. The number of ether oxygens (including phenoxy) is 1. The topological polar surface area (TPSA) is 67.4 Å². The fraction of sp³-hybridized carbons (Fsp3) is 0.737. The Bertz CT molecular complexity index is 592. The third kappa shape index (κ3) is 3.36. The Hall–Kier alpha value is -1.69. The Morgan fingerprint density at radius 2 is 2.08 bits per heavy atom. The number of carbonyl (C=O) groups is 1. The Kier molecular flexibility index (Phi) is 5.57. The van der Waals surface area contributed by atoms with Crippen LogP contribution in [0.1, 0.15) is 58.4 Å². The molecule has 6 nitrogen and oxygen atoms in total. The lowest BCUT2D eigenvalue weighted by Gasteiger charge is -2.34. The van der Waals surface area contributed by atoms with Crippen molar-refractivity contribution in [3.8, 4) is 0 Å². The minimum absolute atomic E-state index is 0.00920. The lowest BCUT2D eigenvalue weighted by molar-refractivity contribution is -0.157. The van der Waals surface area contributed by atoms with Gasteiger partial charge in [-0.1, -0.05) is 13.8 Å². The standard InChI is InChI=1S/C19H30N4O2/c1-4-9-20-18-21-11-14(12-22-18)13-23-15-7-8-16(23)19(5-2,10-15)17(24)25-6-3/h11-12,15-16H,4-10,13H2,1-3H3,(H,20,21,22)/t15-,16+,19+/m0/s1. The molecule has 2 saturated heterocycles. The van der Waals surface area contributed by atoms with Gasteiger partial charge in [-0.05, 0) is 39.0 Å². The molecule has 0 amide bonds. The Balaban J connectivity index is 1.70. The molecule has 1 N–H and O–H groups in total. The van der Waals surface area contributed by atoms with E-state index >= 15 is 0 Å². The maximum atomic E-state index is 12.6. The first-order valence-electron chi connectivity index (χ1n) is 9.62. The molecule has 0 spiro atoms. The minimum atomic E-state index is -0.331. The third-order valence-corrected chi connectivity index (χ3v) is 5.80. The van der Waals surface area contributed by atoms with Crippen LogP contribution in [0, 0.1) is 5.41 Å². The second kappa shape index (κ2) is 7.68. The normalized spacial score (nSPS) is 28.3. The largest absolute Gasteiger partial charge is 0.466 e. The van der Waals surface area contributed by atoms with Crippen molar-refractivity contribution in [1.82, 2.24) is 14.9 Å². The van der Waals surface area contributed by atoms with E-state index in [1.807, 2.05) is 19.3 Å². The van der Waals surface area contributed by atoms with Crippen LogP contribution in [0.15, 0.2) is 12.4 Å². The van der Waals surface area contributed by atoms with Crippen molar-refractivity contribution in [1.29, 1.82) is 0 Å². The zero-order chi connectivity index (χ0) is 17.9. The maximum Gasteiger partial charge on any atom is 0.313 e. The van der Waals surface area contributed by atoms with Crippen molar-refractivity contribution in [2.24, 2.45) is 5.41 Å². The van der Waals surface area contributed by atoms with Gasteiger partial charge in [0.25, 0.3) is 0 Å². The summed E-state index contributed by atoms with van der Waals surface area (Å²) in [5.74, 6) is 0.675. The molecule has 2 aliphatic heterocycles. The summed E-state index contributed by atoms with van der Waals surface area (Å²) in [4.78, 5) is 24.0. The van der Waals surface area contributed by atoms with Gasteiger partial charge in [0.2, 0.25) is 5.95 Å². The van der Waals surface area contributed by atoms with E-state index in [9.17, 15) is 4.79 Å². The molecule has 2 bridgehead atoms. The predicted molar refractivity (Wildman–Crippen MR) is 97.1 cm³/mol. The summed E-state index contributed by atoms with van der Waals surface area (Å²) in [7, 11) is 0. The summed E-state index contributed by atoms with van der Waals surface area (Å²) < 4.78 is 5.43. The molecule has 1 aromatic heterocycles. The van der Waals surface area contributed by atoms with E-state index in [1.165, 1.54) is 6.42 Å². The molecule has 3 heterocycles. The first-order valence-corrected chi connectivity index (χ1v) is 9.62. The molecule has 1 aromatic rings. The van der Waals surface area contributed by atoms with E-state index < -0.39 is 0 Å². The molecule has 0 unspecified atom stereocenters. The van der Waals surface area contributed by atoms with Gasteiger partial charge in [-0.25, -0.2) is 9.97 Å². The third-order valence-electron chi connectivity index (χ3n) is 5.80. The average Bonchev–Trinajstić information content (AvgIpc) is 3.16. The molecular weight excluding hydrogens is 316 g/mol. The van der Waals surface area contributed by atoms with E-state index in [4.69, 9.17) is 4.74 Å². The number of nitrogens with zero attached hydrogens (tertiary/aromatic N) is 3.